The summed E-state index contributed by atoms with van der Waals surface area (Å²) in [7, 11) is -2.10. The summed E-state index contributed by atoms with van der Waals surface area (Å²) >= 11 is 1.35. The Kier molecular flexibility index (Phi) is 6.70. The van der Waals surface area contributed by atoms with Crippen LogP contribution in [0.15, 0.2) is 57.8 Å². The Morgan fingerprint density at radius 3 is 2.84 bits per heavy atom. The number of morpholine rings is 1. The highest BCUT2D eigenvalue weighted by Crippen LogP contribution is 2.28. The molecular formula is C21H22N4O5S2. The number of anilines is 1. The molecule has 11 heteroatoms. The summed E-state index contributed by atoms with van der Waals surface area (Å²) in [6.45, 7) is 1.50. The number of hydrogen-bond acceptors (Lipinski definition) is 9. The van der Waals surface area contributed by atoms with Gasteiger partial charge in [0.1, 0.15) is 0 Å². The molecule has 0 amide bonds. The second-order valence-electron chi connectivity index (χ2n) is 6.88. The summed E-state index contributed by atoms with van der Waals surface area (Å²) in [5.74, 6) is 0.414. The number of phenolic OH excluding ortho intramolecular Hbond substituents is 1. The topological polar surface area (TPSA) is 113 Å². The summed E-state index contributed by atoms with van der Waals surface area (Å²) in [5, 5.41) is 16.2. The zero-order valence-electron chi connectivity index (χ0n) is 17.3. The molecule has 1 fully saturated rings. The van der Waals surface area contributed by atoms with Crippen LogP contribution < -0.4 is 10.2 Å². The van der Waals surface area contributed by atoms with Crippen molar-refractivity contribution in [1.82, 2.24) is 9.29 Å². The fraction of sp³-hybridized carbons (Fsp3) is 0.238. The number of nitrogens with zero attached hydrogens (tertiary/aromatic N) is 3. The van der Waals surface area contributed by atoms with Gasteiger partial charge in [-0.05, 0) is 35.9 Å². The molecule has 0 aliphatic carbocycles. The average Bonchev–Trinajstić information content (AvgIpc) is 3.30. The summed E-state index contributed by atoms with van der Waals surface area (Å²) in [6.07, 6.45) is 1.58. The minimum absolute atomic E-state index is 0.0556. The summed E-state index contributed by atoms with van der Waals surface area (Å²) in [5.41, 5.74) is 4.96. The van der Waals surface area contributed by atoms with Crippen molar-refractivity contribution < 1.29 is 23.0 Å². The van der Waals surface area contributed by atoms with Gasteiger partial charge < -0.3 is 14.6 Å². The van der Waals surface area contributed by atoms with Gasteiger partial charge in [-0.2, -0.15) is 9.41 Å². The maximum Gasteiger partial charge on any atom is 0.243 e. The third kappa shape index (κ3) is 4.91. The van der Waals surface area contributed by atoms with Crippen LogP contribution in [-0.2, 0) is 14.8 Å². The lowest BCUT2D eigenvalue weighted by molar-refractivity contribution is 0.0730. The zero-order valence-corrected chi connectivity index (χ0v) is 18.9. The molecule has 0 bridgehead atoms. The molecule has 0 atom stereocenters. The first kappa shape index (κ1) is 22.2. The van der Waals surface area contributed by atoms with Crippen molar-refractivity contribution in [2.75, 3.05) is 38.8 Å². The standard InChI is InChI=1S/C21H22N4O5S2/c1-29-20-11-15(5-6-19(20)26)13-22-24-21-23-18(14-31-21)16-3-2-4-17(12-16)32(27,28)25-7-9-30-10-8-25/h2-6,11-14,26H,7-10H2,1H3,(H,23,24). The Labute approximate surface area is 190 Å². The van der Waals surface area contributed by atoms with E-state index in [0.717, 1.165) is 5.56 Å². The zero-order chi connectivity index (χ0) is 22.6. The number of phenols is 1. The van der Waals surface area contributed by atoms with Crippen LogP contribution in [-0.4, -0.2) is 62.4 Å². The summed E-state index contributed by atoms with van der Waals surface area (Å²) in [4.78, 5) is 4.73. The molecule has 32 heavy (non-hydrogen) atoms. The molecule has 168 valence electrons. The number of benzene rings is 2. The minimum atomic E-state index is -3.58. The number of aromatic nitrogens is 1. The highest BCUT2D eigenvalue weighted by molar-refractivity contribution is 7.89. The molecule has 9 nitrogen and oxygen atoms in total. The lowest BCUT2D eigenvalue weighted by Crippen LogP contribution is -2.40. The van der Waals surface area contributed by atoms with Gasteiger partial charge >= 0.3 is 0 Å². The van der Waals surface area contributed by atoms with Gasteiger partial charge in [0.15, 0.2) is 11.5 Å². The minimum Gasteiger partial charge on any atom is -0.504 e. The predicted octanol–water partition coefficient (Wildman–Crippen LogP) is 2.99. The Bertz CT molecular complexity index is 1220. The SMILES string of the molecule is COc1cc(C=NNc2nc(-c3cccc(S(=O)(=O)N4CCOCC4)c3)cs2)ccc1O. The molecule has 2 aromatic carbocycles. The molecular weight excluding hydrogens is 452 g/mol. The van der Waals surface area contributed by atoms with Crippen LogP contribution in [0.3, 0.4) is 0 Å². The molecule has 0 spiro atoms. The van der Waals surface area contributed by atoms with Gasteiger partial charge in [0.05, 0.1) is 37.1 Å². The number of aromatic hydroxyl groups is 1. The van der Waals surface area contributed by atoms with E-state index in [1.807, 2.05) is 11.4 Å². The number of nitrogens with one attached hydrogen (secondary N) is 1. The Hall–Kier alpha value is -2.99. The van der Waals surface area contributed by atoms with E-state index in [9.17, 15) is 13.5 Å². The lowest BCUT2D eigenvalue weighted by Gasteiger charge is -2.26. The van der Waals surface area contributed by atoms with E-state index in [1.54, 1.807) is 36.5 Å². The summed E-state index contributed by atoms with van der Waals surface area (Å²) < 4.78 is 37.6. The van der Waals surface area contributed by atoms with Crippen LogP contribution in [0.5, 0.6) is 11.5 Å². The molecule has 1 aliphatic rings. The van der Waals surface area contributed by atoms with Gasteiger partial charge in [-0.1, -0.05) is 12.1 Å². The van der Waals surface area contributed by atoms with Gasteiger partial charge in [-0.15, -0.1) is 11.3 Å². The summed E-state index contributed by atoms with van der Waals surface area (Å²) in [6, 6.07) is 11.7. The highest BCUT2D eigenvalue weighted by Gasteiger charge is 2.26. The number of methoxy groups -OCH3 is 1. The molecule has 3 aromatic rings. The maximum absolute atomic E-state index is 12.9. The second kappa shape index (κ2) is 9.65. The van der Waals surface area contributed by atoms with Crippen molar-refractivity contribution in [3.05, 3.63) is 53.4 Å². The van der Waals surface area contributed by atoms with E-state index in [2.05, 4.69) is 15.5 Å². The lowest BCUT2D eigenvalue weighted by atomic mass is 10.2. The van der Waals surface area contributed by atoms with E-state index in [0.29, 0.717) is 48.4 Å². The molecule has 4 rings (SSSR count). The Morgan fingerprint density at radius 1 is 1.25 bits per heavy atom. The van der Waals surface area contributed by atoms with Gasteiger partial charge in [0, 0.05) is 24.0 Å². The van der Waals surface area contributed by atoms with Crippen molar-refractivity contribution in [2.45, 2.75) is 4.90 Å². The number of rotatable bonds is 7. The normalized spacial score (nSPS) is 15.2. The van der Waals surface area contributed by atoms with Crippen LogP contribution >= 0.6 is 11.3 Å². The molecule has 0 radical (unpaired) electrons. The van der Waals surface area contributed by atoms with Gasteiger partial charge in [-0.25, -0.2) is 13.4 Å². The predicted molar refractivity (Wildman–Crippen MR) is 123 cm³/mol. The van der Waals surface area contributed by atoms with E-state index >= 15 is 0 Å². The van der Waals surface area contributed by atoms with Crippen molar-refractivity contribution >= 4 is 32.7 Å². The molecule has 0 saturated carbocycles. The maximum atomic E-state index is 12.9. The Balaban J connectivity index is 1.47. The molecule has 1 saturated heterocycles. The third-order valence-corrected chi connectivity index (χ3v) is 7.46. The van der Waals surface area contributed by atoms with Crippen LogP contribution in [0.2, 0.25) is 0 Å². The molecule has 2 N–H and O–H groups in total. The quantitative estimate of drug-likeness (QED) is 0.400. The highest BCUT2D eigenvalue weighted by atomic mass is 32.2. The van der Waals surface area contributed by atoms with E-state index in [4.69, 9.17) is 9.47 Å². The van der Waals surface area contributed by atoms with Gasteiger partial charge in [-0.3, -0.25) is 5.43 Å². The van der Waals surface area contributed by atoms with E-state index in [-0.39, 0.29) is 10.6 Å². The van der Waals surface area contributed by atoms with Crippen LogP contribution in [0.4, 0.5) is 5.13 Å². The first-order valence-electron chi connectivity index (χ1n) is 9.77. The fourth-order valence-electron chi connectivity index (χ4n) is 3.15. The third-order valence-electron chi connectivity index (χ3n) is 4.82. The molecule has 2 heterocycles. The van der Waals surface area contributed by atoms with Crippen LogP contribution in [0.25, 0.3) is 11.3 Å². The smallest absolute Gasteiger partial charge is 0.243 e. The van der Waals surface area contributed by atoms with Crippen molar-refractivity contribution in [3.8, 4) is 22.8 Å². The monoisotopic (exact) mass is 474 g/mol. The molecule has 1 aromatic heterocycles. The first-order chi connectivity index (χ1) is 15.5. The average molecular weight is 475 g/mol. The van der Waals surface area contributed by atoms with Crippen LogP contribution in [0.1, 0.15) is 5.56 Å². The van der Waals surface area contributed by atoms with Crippen molar-refractivity contribution in [2.24, 2.45) is 5.10 Å². The number of hydrazone groups is 1. The Morgan fingerprint density at radius 2 is 2.06 bits per heavy atom. The number of hydrogen-bond donors (Lipinski definition) is 2. The van der Waals surface area contributed by atoms with E-state index < -0.39 is 10.0 Å². The van der Waals surface area contributed by atoms with Crippen molar-refractivity contribution in [3.63, 3.8) is 0 Å². The largest absolute Gasteiger partial charge is 0.504 e. The number of sulfonamides is 1. The van der Waals surface area contributed by atoms with Crippen LogP contribution in [0, 0.1) is 0 Å². The molecule has 1 aliphatic heterocycles. The van der Waals surface area contributed by atoms with Crippen molar-refractivity contribution in [1.29, 1.82) is 0 Å². The number of ether oxygens (including phenoxy) is 2. The second-order valence-corrected chi connectivity index (χ2v) is 9.68. The number of thiazole rings is 1. The first-order valence-corrected chi connectivity index (χ1v) is 12.1. The van der Waals surface area contributed by atoms with Gasteiger partial charge in [0.25, 0.3) is 0 Å². The van der Waals surface area contributed by atoms with E-state index in [1.165, 1.54) is 28.8 Å². The molecule has 0 unspecified atom stereocenters. The van der Waals surface area contributed by atoms with Gasteiger partial charge in [0.2, 0.25) is 15.2 Å². The fourth-order valence-corrected chi connectivity index (χ4v) is 5.27.